The molecular formula is C13H17N3O3S. The Bertz CT molecular complexity index is 657. The van der Waals surface area contributed by atoms with Crippen LogP contribution in [0.1, 0.15) is 12.8 Å². The molecule has 0 amide bonds. The van der Waals surface area contributed by atoms with Crippen LogP contribution in [0.25, 0.3) is 11.1 Å². The summed E-state index contributed by atoms with van der Waals surface area (Å²) in [5.74, 6) is 0.371. The highest BCUT2D eigenvalue weighted by Gasteiger charge is 2.23. The van der Waals surface area contributed by atoms with Crippen molar-refractivity contribution in [3.63, 3.8) is 0 Å². The average molecular weight is 295 g/mol. The van der Waals surface area contributed by atoms with Crippen molar-refractivity contribution in [3.8, 4) is 0 Å². The van der Waals surface area contributed by atoms with Gasteiger partial charge in [-0.2, -0.15) is 4.98 Å². The number of sulfonamides is 1. The number of oxazole rings is 1. The van der Waals surface area contributed by atoms with Gasteiger partial charge in [0, 0.05) is 6.54 Å². The van der Waals surface area contributed by atoms with E-state index in [1.165, 1.54) is 0 Å². The number of hydrogen-bond donors (Lipinski definition) is 2. The quantitative estimate of drug-likeness (QED) is 0.882. The number of rotatable bonds is 4. The van der Waals surface area contributed by atoms with Gasteiger partial charge in [0.05, 0.1) is 0 Å². The zero-order valence-electron chi connectivity index (χ0n) is 11.0. The van der Waals surface area contributed by atoms with Crippen LogP contribution >= 0.6 is 0 Å². The highest BCUT2D eigenvalue weighted by atomic mass is 32.2. The van der Waals surface area contributed by atoms with Gasteiger partial charge in [-0.1, -0.05) is 12.1 Å². The minimum Gasteiger partial charge on any atom is -0.427 e. The van der Waals surface area contributed by atoms with E-state index in [2.05, 4.69) is 15.0 Å². The van der Waals surface area contributed by atoms with E-state index >= 15 is 0 Å². The summed E-state index contributed by atoms with van der Waals surface area (Å²) >= 11 is 0. The van der Waals surface area contributed by atoms with E-state index in [0.29, 0.717) is 23.6 Å². The van der Waals surface area contributed by atoms with Gasteiger partial charge in [-0.05, 0) is 44.0 Å². The van der Waals surface area contributed by atoms with E-state index in [9.17, 15) is 8.42 Å². The summed E-state index contributed by atoms with van der Waals surface area (Å²) in [6.45, 7) is 2.31. The Balaban J connectivity index is 1.73. The Morgan fingerprint density at radius 3 is 2.80 bits per heavy atom. The highest BCUT2D eigenvalue weighted by Crippen LogP contribution is 2.18. The number of hydrogen-bond acceptors (Lipinski definition) is 5. The van der Waals surface area contributed by atoms with Crippen molar-refractivity contribution >= 4 is 21.1 Å². The van der Waals surface area contributed by atoms with Gasteiger partial charge in [0.15, 0.2) is 5.58 Å². The molecule has 0 unspecified atom stereocenters. The Morgan fingerprint density at radius 2 is 2.05 bits per heavy atom. The molecule has 0 bridgehead atoms. The molecule has 1 fully saturated rings. The Kier molecular flexibility index (Phi) is 3.73. The van der Waals surface area contributed by atoms with E-state index in [-0.39, 0.29) is 5.22 Å². The van der Waals surface area contributed by atoms with Crippen molar-refractivity contribution in [2.24, 2.45) is 5.92 Å². The number of piperidine rings is 1. The second kappa shape index (κ2) is 5.51. The number of benzene rings is 1. The maximum Gasteiger partial charge on any atom is 0.331 e. The van der Waals surface area contributed by atoms with Crippen LogP contribution in [0.15, 0.2) is 33.9 Å². The molecule has 7 heteroatoms. The molecule has 0 radical (unpaired) electrons. The van der Waals surface area contributed by atoms with Crippen molar-refractivity contribution in [3.05, 3.63) is 24.3 Å². The van der Waals surface area contributed by atoms with Crippen LogP contribution in [0, 0.1) is 5.92 Å². The van der Waals surface area contributed by atoms with Crippen LogP contribution in [0.4, 0.5) is 0 Å². The summed E-state index contributed by atoms with van der Waals surface area (Å²) in [5.41, 5.74) is 1.03. The SMILES string of the molecule is O=S(=O)(NCC1CCNCC1)c1nc2ccccc2o1. The maximum atomic E-state index is 12.2. The molecule has 0 saturated carbocycles. The van der Waals surface area contributed by atoms with Gasteiger partial charge in [-0.15, -0.1) is 0 Å². The van der Waals surface area contributed by atoms with E-state index < -0.39 is 10.0 Å². The summed E-state index contributed by atoms with van der Waals surface area (Å²) in [4.78, 5) is 4.02. The first-order chi connectivity index (χ1) is 9.65. The van der Waals surface area contributed by atoms with Crippen molar-refractivity contribution in [2.45, 2.75) is 18.1 Å². The summed E-state index contributed by atoms with van der Waals surface area (Å²) < 4.78 is 32.2. The van der Waals surface area contributed by atoms with Gasteiger partial charge in [-0.25, -0.2) is 13.1 Å². The third-order valence-corrected chi connectivity index (χ3v) is 4.71. The first-order valence-electron chi connectivity index (χ1n) is 6.71. The van der Waals surface area contributed by atoms with E-state index in [1.54, 1.807) is 24.3 Å². The molecule has 6 nitrogen and oxygen atoms in total. The second-order valence-corrected chi connectivity index (χ2v) is 6.64. The van der Waals surface area contributed by atoms with Crippen molar-refractivity contribution in [1.82, 2.24) is 15.0 Å². The molecule has 2 aromatic rings. The van der Waals surface area contributed by atoms with Crippen molar-refractivity contribution < 1.29 is 12.8 Å². The summed E-state index contributed by atoms with van der Waals surface area (Å²) in [7, 11) is -3.67. The first kappa shape index (κ1) is 13.5. The minimum atomic E-state index is -3.67. The molecule has 1 aliphatic heterocycles. The molecule has 1 saturated heterocycles. The number of para-hydroxylation sites is 2. The molecule has 1 aromatic carbocycles. The predicted octanol–water partition coefficient (Wildman–Crippen LogP) is 1.11. The van der Waals surface area contributed by atoms with Gasteiger partial charge < -0.3 is 9.73 Å². The molecule has 1 aromatic heterocycles. The third-order valence-electron chi connectivity index (χ3n) is 3.52. The van der Waals surface area contributed by atoms with Gasteiger partial charge in [0.2, 0.25) is 0 Å². The van der Waals surface area contributed by atoms with E-state index in [4.69, 9.17) is 4.42 Å². The van der Waals surface area contributed by atoms with E-state index in [1.807, 2.05) is 0 Å². The van der Waals surface area contributed by atoms with Crippen LogP contribution in [-0.4, -0.2) is 33.0 Å². The predicted molar refractivity (Wildman–Crippen MR) is 74.8 cm³/mol. The van der Waals surface area contributed by atoms with E-state index in [0.717, 1.165) is 25.9 Å². The van der Waals surface area contributed by atoms with Crippen LogP contribution < -0.4 is 10.0 Å². The number of nitrogens with zero attached hydrogens (tertiary/aromatic N) is 1. The monoisotopic (exact) mass is 295 g/mol. The molecule has 2 N–H and O–H groups in total. The normalized spacial score (nSPS) is 17.6. The maximum absolute atomic E-state index is 12.2. The molecule has 0 atom stereocenters. The lowest BCUT2D eigenvalue weighted by Crippen LogP contribution is -2.36. The highest BCUT2D eigenvalue weighted by molar-refractivity contribution is 7.89. The van der Waals surface area contributed by atoms with Crippen molar-refractivity contribution in [1.29, 1.82) is 0 Å². The largest absolute Gasteiger partial charge is 0.427 e. The lowest BCUT2D eigenvalue weighted by Gasteiger charge is -2.22. The molecule has 0 aliphatic carbocycles. The second-order valence-electron chi connectivity index (χ2n) is 4.99. The van der Waals surface area contributed by atoms with Crippen molar-refractivity contribution in [2.75, 3.05) is 19.6 Å². The number of fused-ring (bicyclic) bond motifs is 1. The van der Waals surface area contributed by atoms with Gasteiger partial charge in [0.25, 0.3) is 10.0 Å². The lowest BCUT2D eigenvalue weighted by molar-refractivity contribution is 0.369. The molecular weight excluding hydrogens is 278 g/mol. The van der Waals surface area contributed by atoms with Crippen LogP contribution in [-0.2, 0) is 10.0 Å². The fourth-order valence-corrected chi connectivity index (χ4v) is 3.34. The number of aromatic nitrogens is 1. The third kappa shape index (κ3) is 2.84. The zero-order chi connectivity index (χ0) is 14.0. The summed E-state index contributed by atoms with van der Waals surface area (Å²) in [6, 6.07) is 7.01. The average Bonchev–Trinajstić information content (AvgIpc) is 2.91. The van der Waals surface area contributed by atoms with Crippen LogP contribution in [0.2, 0.25) is 0 Å². The molecule has 2 heterocycles. The van der Waals surface area contributed by atoms with Crippen LogP contribution in [0.3, 0.4) is 0 Å². The Morgan fingerprint density at radius 1 is 1.30 bits per heavy atom. The van der Waals surface area contributed by atoms with Gasteiger partial charge in [-0.3, -0.25) is 0 Å². The smallest absolute Gasteiger partial charge is 0.331 e. The lowest BCUT2D eigenvalue weighted by atomic mass is 9.99. The molecule has 20 heavy (non-hydrogen) atoms. The summed E-state index contributed by atoms with van der Waals surface area (Å²) in [6.07, 6.45) is 1.96. The molecule has 108 valence electrons. The summed E-state index contributed by atoms with van der Waals surface area (Å²) in [5, 5.41) is 3.00. The molecule has 3 rings (SSSR count). The van der Waals surface area contributed by atoms with Crippen LogP contribution in [0.5, 0.6) is 0 Å². The topological polar surface area (TPSA) is 84.2 Å². The zero-order valence-corrected chi connectivity index (χ0v) is 11.8. The number of nitrogens with one attached hydrogen (secondary N) is 2. The standard InChI is InChI=1S/C13H17N3O3S/c17-20(18,15-9-10-5-7-14-8-6-10)13-16-11-3-1-2-4-12(11)19-13/h1-4,10,14-15H,5-9H2. The molecule has 1 aliphatic rings. The Labute approximate surface area is 117 Å². The Hall–Kier alpha value is -1.44. The molecule has 0 spiro atoms. The fourth-order valence-electron chi connectivity index (χ4n) is 2.34. The fraction of sp³-hybridized carbons (Fsp3) is 0.462. The minimum absolute atomic E-state index is 0.257. The van der Waals surface area contributed by atoms with Gasteiger partial charge in [0.1, 0.15) is 5.52 Å². The van der Waals surface area contributed by atoms with Gasteiger partial charge >= 0.3 is 5.22 Å². The first-order valence-corrected chi connectivity index (χ1v) is 8.19.